The van der Waals surface area contributed by atoms with Crippen LogP contribution in [0.1, 0.15) is 47.0 Å². The Morgan fingerprint density at radius 2 is 1.86 bits per heavy atom. The van der Waals surface area contributed by atoms with E-state index in [1.54, 1.807) is 0 Å². The van der Waals surface area contributed by atoms with Crippen LogP contribution in [-0.4, -0.2) is 23.1 Å². The molecule has 0 bridgehead atoms. The Labute approximate surface area is 93.4 Å². The van der Waals surface area contributed by atoms with Crippen molar-refractivity contribution in [1.82, 2.24) is 5.32 Å². The molecule has 0 saturated heterocycles. The van der Waals surface area contributed by atoms with Gasteiger partial charge in [0, 0.05) is 17.3 Å². The smallest absolute Gasteiger partial charge is 0.0156 e. The Kier molecular flexibility index (Phi) is 4.78. The Morgan fingerprint density at radius 3 is 2.29 bits per heavy atom. The van der Waals surface area contributed by atoms with Crippen LogP contribution < -0.4 is 5.32 Å². The lowest BCUT2D eigenvalue weighted by Crippen LogP contribution is -2.52. The van der Waals surface area contributed by atoms with Crippen molar-refractivity contribution in [2.45, 2.75) is 58.5 Å². The van der Waals surface area contributed by atoms with Crippen LogP contribution in [0.2, 0.25) is 0 Å². The molecule has 1 aliphatic carbocycles. The summed E-state index contributed by atoms with van der Waals surface area (Å²) in [4.78, 5) is 0. The molecule has 0 aromatic rings. The van der Waals surface area contributed by atoms with E-state index in [-0.39, 0.29) is 0 Å². The highest BCUT2D eigenvalue weighted by Gasteiger charge is 2.32. The van der Waals surface area contributed by atoms with Gasteiger partial charge in [-0.05, 0) is 44.8 Å². The molecule has 0 heterocycles. The molecule has 0 amide bonds. The molecule has 84 valence electrons. The molecule has 1 unspecified atom stereocenters. The molecule has 1 saturated carbocycles. The summed E-state index contributed by atoms with van der Waals surface area (Å²) in [5.74, 6) is 3.38. The zero-order valence-corrected chi connectivity index (χ0v) is 10.9. The Balaban J connectivity index is 2.06. The minimum atomic E-state index is 0.470. The van der Waals surface area contributed by atoms with Crippen LogP contribution >= 0.6 is 11.8 Å². The van der Waals surface area contributed by atoms with Gasteiger partial charge < -0.3 is 5.32 Å². The molecule has 0 aliphatic heterocycles. The summed E-state index contributed by atoms with van der Waals surface area (Å²) in [6.07, 6.45) is 4.15. The number of rotatable bonds is 6. The fraction of sp³-hybridized carbons (Fsp3) is 1.00. The minimum absolute atomic E-state index is 0.470. The molecule has 1 nitrogen and oxygen atoms in total. The summed E-state index contributed by atoms with van der Waals surface area (Å²) < 4.78 is 0. The van der Waals surface area contributed by atoms with Gasteiger partial charge in [-0.3, -0.25) is 0 Å². The second kappa shape index (κ2) is 5.41. The highest BCUT2D eigenvalue weighted by atomic mass is 32.2. The van der Waals surface area contributed by atoms with Crippen molar-refractivity contribution in [2.75, 3.05) is 11.5 Å². The van der Waals surface area contributed by atoms with E-state index in [0.29, 0.717) is 11.6 Å². The Bertz CT molecular complexity index is 164. The normalized spacial score (nSPS) is 22.1. The lowest BCUT2D eigenvalue weighted by atomic mass is 9.78. The molecule has 1 atom stereocenters. The fourth-order valence-electron chi connectivity index (χ4n) is 1.97. The van der Waals surface area contributed by atoms with Gasteiger partial charge >= 0.3 is 0 Å². The van der Waals surface area contributed by atoms with Crippen molar-refractivity contribution in [3.8, 4) is 0 Å². The zero-order chi connectivity index (χ0) is 10.6. The van der Waals surface area contributed by atoms with Crippen molar-refractivity contribution in [3.05, 3.63) is 0 Å². The summed E-state index contributed by atoms with van der Waals surface area (Å²) in [5, 5.41) is 3.75. The van der Waals surface area contributed by atoms with Crippen molar-refractivity contribution in [3.63, 3.8) is 0 Å². The van der Waals surface area contributed by atoms with Crippen LogP contribution in [0.15, 0.2) is 0 Å². The standard InChI is InChI=1S/C12H25NS/c1-10(2)8-14-9-11(3)13-12(4)6-5-7-12/h10-11,13H,5-9H2,1-4H3. The molecular formula is C12H25NS. The maximum atomic E-state index is 3.75. The van der Waals surface area contributed by atoms with Crippen LogP contribution in [0.4, 0.5) is 0 Å². The third kappa shape index (κ3) is 4.22. The molecule has 1 N–H and O–H groups in total. The first-order chi connectivity index (χ1) is 6.52. The fourth-order valence-corrected chi connectivity index (χ4v) is 3.01. The van der Waals surface area contributed by atoms with Crippen molar-refractivity contribution >= 4 is 11.8 Å². The largest absolute Gasteiger partial charge is 0.308 e. The predicted octanol–water partition coefficient (Wildman–Crippen LogP) is 3.30. The molecule has 0 spiro atoms. The summed E-state index contributed by atoms with van der Waals surface area (Å²) in [6.45, 7) is 9.26. The number of hydrogen-bond donors (Lipinski definition) is 1. The third-order valence-electron chi connectivity index (χ3n) is 2.87. The van der Waals surface area contributed by atoms with Gasteiger partial charge in [-0.15, -0.1) is 0 Å². The summed E-state index contributed by atoms with van der Waals surface area (Å²) >= 11 is 2.08. The second-order valence-corrected chi connectivity index (χ2v) is 6.47. The molecule has 1 fully saturated rings. The maximum absolute atomic E-state index is 3.75. The summed E-state index contributed by atoms with van der Waals surface area (Å²) in [7, 11) is 0. The monoisotopic (exact) mass is 215 g/mol. The quantitative estimate of drug-likeness (QED) is 0.729. The third-order valence-corrected chi connectivity index (χ3v) is 4.51. The maximum Gasteiger partial charge on any atom is 0.0156 e. The van der Waals surface area contributed by atoms with E-state index in [1.807, 2.05) is 0 Å². The first kappa shape index (κ1) is 12.4. The lowest BCUT2D eigenvalue weighted by Gasteiger charge is -2.41. The summed E-state index contributed by atoms with van der Waals surface area (Å²) in [5.41, 5.74) is 0.470. The van der Waals surface area contributed by atoms with Gasteiger partial charge in [-0.1, -0.05) is 13.8 Å². The van der Waals surface area contributed by atoms with Crippen LogP contribution in [0.3, 0.4) is 0 Å². The van der Waals surface area contributed by atoms with Crippen LogP contribution in [0, 0.1) is 5.92 Å². The average Bonchev–Trinajstić information content (AvgIpc) is 2.00. The van der Waals surface area contributed by atoms with Gasteiger partial charge in [0.15, 0.2) is 0 Å². The molecule has 1 rings (SSSR count). The molecule has 2 heteroatoms. The number of thioether (sulfide) groups is 1. The minimum Gasteiger partial charge on any atom is -0.308 e. The van der Waals surface area contributed by atoms with E-state index in [0.717, 1.165) is 5.92 Å². The van der Waals surface area contributed by atoms with Gasteiger partial charge in [0.2, 0.25) is 0 Å². The Morgan fingerprint density at radius 1 is 1.21 bits per heavy atom. The molecule has 0 aromatic heterocycles. The topological polar surface area (TPSA) is 12.0 Å². The number of nitrogens with one attached hydrogen (secondary N) is 1. The van der Waals surface area contributed by atoms with Crippen LogP contribution in [-0.2, 0) is 0 Å². The van der Waals surface area contributed by atoms with E-state index >= 15 is 0 Å². The number of hydrogen-bond acceptors (Lipinski definition) is 2. The van der Waals surface area contributed by atoms with Crippen molar-refractivity contribution in [1.29, 1.82) is 0 Å². The van der Waals surface area contributed by atoms with Gasteiger partial charge in [-0.2, -0.15) is 11.8 Å². The first-order valence-corrected chi connectivity index (χ1v) is 7.03. The van der Waals surface area contributed by atoms with E-state index in [1.165, 1.54) is 30.8 Å². The van der Waals surface area contributed by atoms with E-state index in [4.69, 9.17) is 0 Å². The SMILES string of the molecule is CC(C)CSCC(C)NC1(C)CCC1. The summed E-state index contributed by atoms with van der Waals surface area (Å²) in [6, 6.07) is 0.670. The van der Waals surface area contributed by atoms with E-state index in [2.05, 4.69) is 44.8 Å². The molecule has 1 aliphatic rings. The predicted molar refractivity (Wildman–Crippen MR) is 67.0 cm³/mol. The van der Waals surface area contributed by atoms with E-state index < -0.39 is 0 Å². The zero-order valence-electron chi connectivity index (χ0n) is 10.1. The molecule has 0 radical (unpaired) electrons. The van der Waals surface area contributed by atoms with Gasteiger partial charge in [0.25, 0.3) is 0 Å². The van der Waals surface area contributed by atoms with E-state index in [9.17, 15) is 0 Å². The highest BCUT2D eigenvalue weighted by molar-refractivity contribution is 7.99. The average molecular weight is 215 g/mol. The van der Waals surface area contributed by atoms with Crippen LogP contribution in [0.25, 0.3) is 0 Å². The van der Waals surface area contributed by atoms with Gasteiger partial charge in [0.1, 0.15) is 0 Å². The van der Waals surface area contributed by atoms with Gasteiger partial charge in [-0.25, -0.2) is 0 Å². The van der Waals surface area contributed by atoms with Crippen molar-refractivity contribution < 1.29 is 0 Å². The van der Waals surface area contributed by atoms with Crippen molar-refractivity contribution in [2.24, 2.45) is 5.92 Å². The lowest BCUT2D eigenvalue weighted by molar-refractivity contribution is 0.195. The second-order valence-electron chi connectivity index (χ2n) is 5.39. The molecular weight excluding hydrogens is 190 g/mol. The molecule has 14 heavy (non-hydrogen) atoms. The first-order valence-electron chi connectivity index (χ1n) is 5.87. The van der Waals surface area contributed by atoms with Crippen LogP contribution in [0.5, 0.6) is 0 Å². The van der Waals surface area contributed by atoms with Gasteiger partial charge in [0.05, 0.1) is 0 Å². The Hall–Kier alpha value is 0.310. The molecule has 0 aromatic carbocycles. The highest BCUT2D eigenvalue weighted by Crippen LogP contribution is 2.31.